The number of hydrogen-bond acceptors (Lipinski definition) is 4. The molecule has 0 saturated carbocycles. The Kier molecular flexibility index (Phi) is 7.99. The van der Waals surface area contributed by atoms with Crippen LogP contribution in [0.5, 0.6) is 0 Å². The SMILES string of the molecule is CC(C)(C)c1ccc(C(=O)Nc2cccc(NC(=O)C3CCCN(S(=O)(=O)c4ccc(F)cc4)C3)c2)cc1. The monoisotopic (exact) mass is 537 g/mol. The molecule has 1 aliphatic heterocycles. The molecule has 1 saturated heterocycles. The van der Waals surface area contributed by atoms with E-state index >= 15 is 0 Å². The summed E-state index contributed by atoms with van der Waals surface area (Å²) in [6.07, 6.45) is 1.07. The minimum Gasteiger partial charge on any atom is -0.326 e. The molecule has 38 heavy (non-hydrogen) atoms. The third-order valence-corrected chi connectivity index (χ3v) is 8.49. The zero-order chi connectivity index (χ0) is 27.5. The number of hydrogen-bond donors (Lipinski definition) is 2. The number of carbonyl (C=O) groups is 2. The molecule has 1 atom stereocenters. The molecule has 3 aromatic rings. The van der Waals surface area contributed by atoms with E-state index in [1.54, 1.807) is 36.4 Å². The lowest BCUT2D eigenvalue weighted by atomic mass is 9.87. The Bertz CT molecular complexity index is 1420. The van der Waals surface area contributed by atoms with E-state index in [-0.39, 0.29) is 28.7 Å². The van der Waals surface area contributed by atoms with Gasteiger partial charge in [-0.3, -0.25) is 9.59 Å². The first-order valence-electron chi connectivity index (χ1n) is 12.5. The van der Waals surface area contributed by atoms with E-state index < -0.39 is 21.8 Å². The minimum atomic E-state index is -3.84. The first-order valence-corrected chi connectivity index (χ1v) is 14.0. The Balaban J connectivity index is 1.39. The molecule has 7 nitrogen and oxygen atoms in total. The molecule has 2 N–H and O–H groups in total. The summed E-state index contributed by atoms with van der Waals surface area (Å²) in [4.78, 5) is 25.8. The molecule has 0 aliphatic carbocycles. The van der Waals surface area contributed by atoms with Crippen LogP contribution < -0.4 is 10.6 Å². The van der Waals surface area contributed by atoms with Crippen LogP contribution in [0.15, 0.2) is 77.7 Å². The number of piperidine rings is 1. The van der Waals surface area contributed by atoms with E-state index in [0.717, 1.165) is 17.7 Å². The van der Waals surface area contributed by atoms with Crippen molar-refractivity contribution in [3.63, 3.8) is 0 Å². The molecule has 9 heteroatoms. The first-order chi connectivity index (χ1) is 17.9. The number of anilines is 2. The average Bonchev–Trinajstić information content (AvgIpc) is 2.89. The van der Waals surface area contributed by atoms with Crippen molar-refractivity contribution in [1.29, 1.82) is 0 Å². The third kappa shape index (κ3) is 6.46. The standard InChI is InChI=1S/C29H32FN3O4S/c1-29(2,3)22-11-9-20(10-12-22)27(34)31-24-7-4-8-25(18-24)32-28(35)21-6-5-17-33(19-21)38(36,37)26-15-13-23(30)14-16-26/h4,7-16,18,21H,5-6,17,19H2,1-3H3,(H,31,34)(H,32,35). The van der Waals surface area contributed by atoms with E-state index in [1.165, 1.54) is 16.4 Å². The number of nitrogens with one attached hydrogen (secondary N) is 2. The largest absolute Gasteiger partial charge is 0.326 e. The zero-order valence-corrected chi connectivity index (χ0v) is 22.5. The topological polar surface area (TPSA) is 95.6 Å². The van der Waals surface area contributed by atoms with Gasteiger partial charge in [0.15, 0.2) is 0 Å². The van der Waals surface area contributed by atoms with Gasteiger partial charge in [-0.15, -0.1) is 0 Å². The quantitative estimate of drug-likeness (QED) is 0.439. The maximum absolute atomic E-state index is 13.2. The summed E-state index contributed by atoms with van der Waals surface area (Å²) in [5, 5.41) is 5.70. The van der Waals surface area contributed by atoms with Crippen molar-refractivity contribution in [2.75, 3.05) is 23.7 Å². The van der Waals surface area contributed by atoms with Crippen LogP contribution in [-0.4, -0.2) is 37.6 Å². The fourth-order valence-electron chi connectivity index (χ4n) is 4.37. The fraction of sp³-hybridized carbons (Fsp3) is 0.310. The summed E-state index contributed by atoms with van der Waals surface area (Å²) < 4.78 is 40.5. The predicted molar refractivity (Wildman–Crippen MR) is 146 cm³/mol. The normalized spacial score (nSPS) is 16.6. The van der Waals surface area contributed by atoms with Gasteiger partial charge in [-0.2, -0.15) is 4.31 Å². The Morgan fingerprint density at radius 2 is 1.55 bits per heavy atom. The summed E-state index contributed by atoms with van der Waals surface area (Å²) in [5.74, 6) is -1.62. The second kappa shape index (κ2) is 11.0. The van der Waals surface area contributed by atoms with E-state index in [0.29, 0.717) is 36.3 Å². The maximum atomic E-state index is 13.2. The smallest absolute Gasteiger partial charge is 0.255 e. The van der Waals surface area contributed by atoms with Gasteiger partial charge in [-0.1, -0.05) is 39.0 Å². The Labute approximate surface area is 223 Å². The lowest BCUT2D eigenvalue weighted by molar-refractivity contribution is -0.120. The molecule has 200 valence electrons. The number of halogens is 1. The van der Waals surface area contributed by atoms with Crippen LogP contribution >= 0.6 is 0 Å². The minimum absolute atomic E-state index is 0.00329. The van der Waals surface area contributed by atoms with Crippen molar-refractivity contribution < 1.29 is 22.4 Å². The summed E-state index contributed by atoms with van der Waals surface area (Å²) in [5.41, 5.74) is 2.66. The van der Waals surface area contributed by atoms with Crippen LogP contribution in [0.4, 0.5) is 15.8 Å². The highest BCUT2D eigenvalue weighted by atomic mass is 32.2. The molecule has 0 bridgehead atoms. The van der Waals surface area contributed by atoms with Crippen LogP contribution in [0.1, 0.15) is 49.5 Å². The average molecular weight is 538 g/mol. The van der Waals surface area contributed by atoms with Crippen LogP contribution in [0.25, 0.3) is 0 Å². The molecular weight excluding hydrogens is 505 g/mol. The molecule has 1 aliphatic rings. The highest BCUT2D eigenvalue weighted by Gasteiger charge is 2.33. The van der Waals surface area contributed by atoms with E-state index in [9.17, 15) is 22.4 Å². The second-order valence-corrected chi connectivity index (χ2v) is 12.4. The van der Waals surface area contributed by atoms with Gasteiger partial charge < -0.3 is 10.6 Å². The van der Waals surface area contributed by atoms with Crippen LogP contribution in [0, 0.1) is 11.7 Å². The molecule has 2 amide bonds. The Hall–Kier alpha value is -3.56. The Morgan fingerprint density at radius 1 is 0.921 bits per heavy atom. The van der Waals surface area contributed by atoms with E-state index in [4.69, 9.17) is 0 Å². The molecule has 4 rings (SSSR count). The van der Waals surface area contributed by atoms with E-state index in [2.05, 4.69) is 31.4 Å². The van der Waals surface area contributed by atoms with Gasteiger partial charge in [0.1, 0.15) is 5.82 Å². The fourth-order valence-corrected chi connectivity index (χ4v) is 5.90. The van der Waals surface area contributed by atoms with Crippen LogP contribution in [0.2, 0.25) is 0 Å². The van der Waals surface area contributed by atoms with Gasteiger partial charge in [-0.25, -0.2) is 12.8 Å². The number of rotatable bonds is 6. The number of carbonyl (C=O) groups excluding carboxylic acids is 2. The van der Waals surface area contributed by atoms with Crippen LogP contribution in [0.3, 0.4) is 0 Å². The van der Waals surface area contributed by atoms with Crippen molar-refractivity contribution in [3.05, 3.63) is 89.7 Å². The number of nitrogens with zero attached hydrogens (tertiary/aromatic N) is 1. The lowest BCUT2D eigenvalue weighted by Gasteiger charge is -2.31. The molecule has 0 spiro atoms. The summed E-state index contributed by atoms with van der Waals surface area (Å²) in [7, 11) is -3.84. The second-order valence-electron chi connectivity index (χ2n) is 10.5. The van der Waals surface area contributed by atoms with Crippen LogP contribution in [-0.2, 0) is 20.2 Å². The van der Waals surface area contributed by atoms with Gasteiger partial charge in [0, 0.05) is 30.0 Å². The van der Waals surface area contributed by atoms with Gasteiger partial charge in [0.25, 0.3) is 5.91 Å². The summed E-state index contributed by atoms with van der Waals surface area (Å²) >= 11 is 0. The van der Waals surface area contributed by atoms with Crippen molar-refractivity contribution in [2.24, 2.45) is 5.92 Å². The number of amides is 2. The molecule has 1 unspecified atom stereocenters. The third-order valence-electron chi connectivity index (χ3n) is 6.61. The maximum Gasteiger partial charge on any atom is 0.255 e. The molecule has 1 heterocycles. The first kappa shape index (κ1) is 27.5. The summed E-state index contributed by atoms with van der Waals surface area (Å²) in [6, 6.07) is 18.9. The highest BCUT2D eigenvalue weighted by molar-refractivity contribution is 7.89. The molecule has 1 fully saturated rings. The molecule has 0 radical (unpaired) electrons. The number of benzene rings is 3. The van der Waals surface area contributed by atoms with E-state index in [1.807, 2.05) is 12.1 Å². The van der Waals surface area contributed by atoms with Crippen molar-refractivity contribution in [1.82, 2.24) is 4.31 Å². The van der Waals surface area contributed by atoms with Crippen molar-refractivity contribution >= 4 is 33.2 Å². The molecule has 0 aromatic heterocycles. The molecular formula is C29H32FN3O4S. The van der Waals surface area contributed by atoms with Gasteiger partial charge in [-0.05, 0) is 78.4 Å². The summed E-state index contributed by atoms with van der Waals surface area (Å²) in [6.45, 7) is 6.65. The Morgan fingerprint density at radius 3 is 2.18 bits per heavy atom. The van der Waals surface area contributed by atoms with Gasteiger partial charge in [0.05, 0.1) is 10.8 Å². The zero-order valence-electron chi connectivity index (χ0n) is 21.7. The van der Waals surface area contributed by atoms with Crippen molar-refractivity contribution in [3.8, 4) is 0 Å². The van der Waals surface area contributed by atoms with Gasteiger partial charge in [0.2, 0.25) is 15.9 Å². The van der Waals surface area contributed by atoms with Gasteiger partial charge >= 0.3 is 0 Å². The lowest BCUT2D eigenvalue weighted by Crippen LogP contribution is -2.43. The highest BCUT2D eigenvalue weighted by Crippen LogP contribution is 2.26. The van der Waals surface area contributed by atoms with Crippen molar-refractivity contribution in [2.45, 2.75) is 43.9 Å². The number of sulfonamides is 1. The molecule has 3 aromatic carbocycles. The predicted octanol–water partition coefficient (Wildman–Crippen LogP) is 5.41.